The van der Waals surface area contributed by atoms with Crippen LogP contribution < -0.4 is 5.32 Å². The Hall–Kier alpha value is -1.63. The molecule has 0 saturated heterocycles. The van der Waals surface area contributed by atoms with E-state index >= 15 is 0 Å². The number of carbonyl (C=O) groups is 1. The van der Waals surface area contributed by atoms with E-state index in [1.54, 1.807) is 22.1 Å². The minimum absolute atomic E-state index is 0.140. The number of amides is 1. The van der Waals surface area contributed by atoms with E-state index in [0.29, 0.717) is 17.6 Å². The minimum Gasteiger partial charge on any atom is -0.351 e. The number of aryl methyl sites for hydroxylation is 1. The molecule has 0 bridgehead atoms. The first-order valence-corrected chi connectivity index (χ1v) is 9.99. The summed E-state index contributed by atoms with van der Waals surface area (Å²) in [4.78, 5) is 14.3. The van der Waals surface area contributed by atoms with Crippen LogP contribution in [0.4, 0.5) is 0 Å². The van der Waals surface area contributed by atoms with Gasteiger partial charge in [0.25, 0.3) is 0 Å². The number of aromatic nitrogens is 2. The standard InChI is InChI=1S/C19H27ClN4OS/c1-13(2)11-24-19(20)16(14(3)22-24)6-7-18(25)21-10-17(23(4)5)15-8-9-26-12-15/h6-9,12-13,17H,10-11H2,1-5H3,(H,21,25)/b7-6+. The number of rotatable bonds is 8. The van der Waals surface area contributed by atoms with Crippen molar-refractivity contribution in [2.45, 2.75) is 33.4 Å². The van der Waals surface area contributed by atoms with Crippen molar-refractivity contribution in [3.05, 3.63) is 44.9 Å². The predicted molar refractivity (Wildman–Crippen MR) is 110 cm³/mol. The Morgan fingerprint density at radius 3 is 2.77 bits per heavy atom. The number of carbonyl (C=O) groups excluding carboxylic acids is 1. The Bertz CT molecular complexity index is 750. The molecule has 0 aromatic carbocycles. The van der Waals surface area contributed by atoms with E-state index in [1.165, 1.54) is 11.6 Å². The Morgan fingerprint density at radius 1 is 1.46 bits per heavy atom. The molecule has 0 aliphatic heterocycles. The highest BCUT2D eigenvalue weighted by atomic mass is 35.5. The summed E-state index contributed by atoms with van der Waals surface area (Å²) in [7, 11) is 4.02. The van der Waals surface area contributed by atoms with Crippen molar-refractivity contribution in [1.29, 1.82) is 0 Å². The van der Waals surface area contributed by atoms with Crippen molar-refractivity contribution in [2.24, 2.45) is 5.92 Å². The summed E-state index contributed by atoms with van der Waals surface area (Å²) in [6.45, 7) is 7.44. The molecule has 2 heterocycles. The van der Waals surface area contributed by atoms with Crippen LogP contribution in [-0.4, -0.2) is 41.2 Å². The molecule has 7 heteroatoms. The summed E-state index contributed by atoms with van der Waals surface area (Å²) < 4.78 is 1.79. The third kappa shape index (κ3) is 5.43. The SMILES string of the molecule is Cc1nn(CC(C)C)c(Cl)c1/C=C/C(=O)NCC(c1ccsc1)N(C)C. The highest BCUT2D eigenvalue weighted by Gasteiger charge is 2.15. The smallest absolute Gasteiger partial charge is 0.244 e. The average Bonchev–Trinajstić information content (AvgIpc) is 3.15. The van der Waals surface area contributed by atoms with Crippen LogP contribution in [0.25, 0.3) is 6.08 Å². The Kier molecular flexibility index (Phi) is 7.43. The molecule has 1 N–H and O–H groups in total. The summed E-state index contributed by atoms with van der Waals surface area (Å²) in [5, 5.41) is 12.2. The van der Waals surface area contributed by atoms with Gasteiger partial charge >= 0.3 is 0 Å². The molecule has 2 aromatic heterocycles. The van der Waals surface area contributed by atoms with Gasteiger partial charge in [-0.2, -0.15) is 16.4 Å². The lowest BCUT2D eigenvalue weighted by molar-refractivity contribution is -0.116. The molecule has 1 amide bonds. The second-order valence-electron chi connectivity index (χ2n) is 6.98. The van der Waals surface area contributed by atoms with E-state index < -0.39 is 0 Å². The van der Waals surface area contributed by atoms with Gasteiger partial charge < -0.3 is 10.2 Å². The number of thiophene rings is 1. The van der Waals surface area contributed by atoms with Gasteiger partial charge in [0.2, 0.25) is 5.91 Å². The first-order chi connectivity index (χ1) is 12.3. The number of likely N-dealkylation sites (N-methyl/N-ethyl adjacent to an activating group) is 1. The lowest BCUT2D eigenvalue weighted by Crippen LogP contribution is -2.33. The molecule has 1 atom stereocenters. The van der Waals surface area contributed by atoms with Gasteiger partial charge in [0, 0.05) is 24.7 Å². The molecule has 0 saturated carbocycles. The molecule has 0 fully saturated rings. The lowest BCUT2D eigenvalue weighted by atomic mass is 10.1. The van der Waals surface area contributed by atoms with E-state index in [1.807, 2.05) is 26.4 Å². The zero-order valence-corrected chi connectivity index (χ0v) is 17.6. The monoisotopic (exact) mass is 394 g/mol. The number of nitrogens with one attached hydrogen (secondary N) is 1. The molecule has 2 rings (SSSR count). The maximum Gasteiger partial charge on any atom is 0.244 e. The highest BCUT2D eigenvalue weighted by Crippen LogP contribution is 2.22. The minimum atomic E-state index is -0.140. The molecule has 0 radical (unpaired) electrons. The van der Waals surface area contributed by atoms with Crippen LogP contribution in [-0.2, 0) is 11.3 Å². The van der Waals surface area contributed by atoms with Gasteiger partial charge in [0.1, 0.15) is 5.15 Å². The Balaban J connectivity index is 2.00. The first kappa shape index (κ1) is 20.7. The zero-order chi connectivity index (χ0) is 19.3. The molecular formula is C19H27ClN4OS. The maximum absolute atomic E-state index is 12.2. The fourth-order valence-electron chi connectivity index (χ4n) is 2.70. The number of hydrogen-bond donors (Lipinski definition) is 1. The predicted octanol–water partition coefficient (Wildman–Crippen LogP) is 3.99. The second kappa shape index (κ2) is 9.35. The molecule has 1 unspecified atom stereocenters. The van der Waals surface area contributed by atoms with E-state index in [-0.39, 0.29) is 11.9 Å². The molecule has 0 aliphatic carbocycles. The van der Waals surface area contributed by atoms with Crippen molar-refractivity contribution >= 4 is 34.9 Å². The van der Waals surface area contributed by atoms with E-state index in [9.17, 15) is 4.79 Å². The normalized spacial score (nSPS) is 13.1. The van der Waals surface area contributed by atoms with Crippen molar-refractivity contribution in [3.8, 4) is 0 Å². The molecule has 0 aliphatic rings. The van der Waals surface area contributed by atoms with Gasteiger partial charge in [-0.25, -0.2) is 0 Å². The van der Waals surface area contributed by atoms with Gasteiger partial charge in [-0.3, -0.25) is 9.48 Å². The number of halogens is 1. The zero-order valence-electron chi connectivity index (χ0n) is 16.0. The molecule has 0 spiro atoms. The van der Waals surface area contributed by atoms with E-state index in [0.717, 1.165) is 17.8 Å². The maximum atomic E-state index is 12.2. The number of hydrogen-bond acceptors (Lipinski definition) is 4. The largest absolute Gasteiger partial charge is 0.351 e. The lowest BCUT2D eigenvalue weighted by Gasteiger charge is -2.23. The summed E-state index contributed by atoms with van der Waals surface area (Å²) in [5.74, 6) is 0.311. The van der Waals surface area contributed by atoms with Crippen LogP contribution in [0, 0.1) is 12.8 Å². The van der Waals surface area contributed by atoms with Crippen LogP contribution in [0.5, 0.6) is 0 Å². The molecule has 2 aromatic rings. The van der Waals surface area contributed by atoms with E-state index in [4.69, 9.17) is 11.6 Å². The third-order valence-electron chi connectivity index (χ3n) is 4.07. The van der Waals surface area contributed by atoms with Gasteiger partial charge in [-0.15, -0.1) is 0 Å². The van der Waals surface area contributed by atoms with Crippen molar-refractivity contribution < 1.29 is 4.79 Å². The summed E-state index contributed by atoms with van der Waals surface area (Å²) in [6.07, 6.45) is 3.27. The summed E-state index contributed by atoms with van der Waals surface area (Å²) in [5.41, 5.74) is 2.83. The molecule has 26 heavy (non-hydrogen) atoms. The van der Waals surface area contributed by atoms with Crippen LogP contribution in [0.15, 0.2) is 22.9 Å². The Morgan fingerprint density at radius 2 is 2.19 bits per heavy atom. The molecule has 142 valence electrons. The van der Waals surface area contributed by atoms with Gasteiger partial charge in [-0.05, 0) is 55.4 Å². The second-order valence-corrected chi connectivity index (χ2v) is 8.12. The third-order valence-corrected chi connectivity index (χ3v) is 5.17. The Labute approximate surface area is 164 Å². The fraction of sp³-hybridized carbons (Fsp3) is 0.474. The van der Waals surface area contributed by atoms with E-state index in [2.05, 4.69) is 40.6 Å². The summed E-state index contributed by atoms with van der Waals surface area (Å²) in [6, 6.07) is 2.24. The van der Waals surface area contributed by atoms with Crippen LogP contribution in [0.3, 0.4) is 0 Å². The molecular weight excluding hydrogens is 368 g/mol. The molecule has 5 nitrogen and oxygen atoms in total. The van der Waals surface area contributed by atoms with Crippen molar-refractivity contribution in [2.75, 3.05) is 20.6 Å². The van der Waals surface area contributed by atoms with Crippen molar-refractivity contribution in [1.82, 2.24) is 20.0 Å². The highest BCUT2D eigenvalue weighted by molar-refractivity contribution is 7.07. The number of nitrogens with zero attached hydrogens (tertiary/aromatic N) is 3. The van der Waals surface area contributed by atoms with Gasteiger partial charge in [0.15, 0.2) is 0 Å². The average molecular weight is 395 g/mol. The first-order valence-electron chi connectivity index (χ1n) is 8.67. The van der Waals surface area contributed by atoms with Crippen LogP contribution >= 0.6 is 22.9 Å². The van der Waals surface area contributed by atoms with Crippen molar-refractivity contribution in [3.63, 3.8) is 0 Å². The van der Waals surface area contributed by atoms with Gasteiger partial charge in [-0.1, -0.05) is 25.4 Å². The summed E-state index contributed by atoms with van der Waals surface area (Å²) >= 11 is 8.07. The topological polar surface area (TPSA) is 50.2 Å². The van der Waals surface area contributed by atoms with Gasteiger partial charge in [0.05, 0.1) is 11.7 Å². The van der Waals surface area contributed by atoms with Crippen LogP contribution in [0.2, 0.25) is 5.15 Å². The fourth-order valence-corrected chi connectivity index (χ4v) is 3.72. The quantitative estimate of drug-likeness (QED) is 0.688. The van der Waals surface area contributed by atoms with Crippen LogP contribution in [0.1, 0.15) is 36.7 Å².